The van der Waals surface area contributed by atoms with Crippen LogP contribution in [0, 0.1) is 0 Å². The molecule has 0 aliphatic rings. The van der Waals surface area contributed by atoms with Crippen LogP contribution in [0.2, 0.25) is 0 Å². The van der Waals surface area contributed by atoms with Crippen molar-refractivity contribution >= 4 is 34.3 Å². The molecule has 4 rings (SSSR count). The Morgan fingerprint density at radius 3 is 1.56 bits per heavy atom. The molecular weight excluding hydrogens is 435 g/mol. The van der Waals surface area contributed by atoms with Crippen LogP contribution in [0.3, 0.4) is 0 Å². The first-order chi connectivity index (χ1) is 15.6. The van der Waals surface area contributed by atoms with Crippen molar-refractivity contribution in [2.75, 3.05) is 6.16 Å². The van der Waals surface area contributed by atoms with E-state index in [0.717, 1.165) is 16.2 Å². The fraction of sp³-hybridized carbons (Fsp3) is 0.0370. The molecule has 0 bridgehead atoms. The summed E-state index contributed by atoms with van der Waals surface area (Å²) in [5, 5.41) is 1.81. The molecule has 5 heteroatoms. The van der Waals surface area contributed by atoms with Crippen molar-refractivity contribution in [3.63, 3.8) is 0 Å². The van der Waals surface area contributed by atoms with E-state index < -0.39 is 17.6 Å². The first-order valence-corrected chi connectivity index (χ1v) is 14.0. The van der Waals surface area contributed by atoms with E-state index in [9.17, 15) is 8.42 Å². The van der Waals surface area contributed by atoms with Crippen molar-refractivity contribution in [2.24, 2.45) is 0 Å². The van der Waals surface area contributed by atoms with Crippen LogP contribution >= 0.6 is 7.49 Å². The third-order valence-corrected chi connectivity index (χ3v) is 11.5. The average molecular weight is 461 g/mol. The average Bonchev–Trinajstić information content (AvgIpc) is 2.85. The SMILES string of the molecule is O=S(=O)(O[PH](CC=Cc1ccccc1)(c1ccccc1)c1ccccc1)c1ccccc1. The molecule has 0 aliphatic carbocycles. The second-order valence-corrected chi connectivity index (χ2v) is 12.7. The van der Waals surface area contributed by atoms with Crippen LogP contribution in [0.1, 0.15) is 5.56 Å². The summed E-state index contributed by atoms with van der Waals surface area (Å²) in [4.78, 5) is 0.163. The van der Waals surface area contributed by atoms with Crippen molar-refractivity contribution in [3.8, 4) is 0 Å². The fourth-order valence-electron chi connectivity index (χ4n) is 3.70. The molecule has 0 N–H and O–H groups in total. The van der Waals surface area contributed by atoms with Gasteiger partial charge in [-0.1, -0.05) is 0 Å². The van der Waals surface area contributed by atoms with Crippen molar-refractivity contribution in [2.45, 2.75) is 4.90 Å². The Morgan fingerprint density at radius 2 is 1.06 bits per heavy atom. The van der Waals surface area contributed by atoms with E-state index in [4.69, 9.17) is 3.97 Å². The number of hydrogen-bond donors (Lipinski definition) is 0. The van der Waals surface area contributed by atoms with Gasteiger partial charge in [0.1, 0.15) is 0 Å². The minimum absolute atomic E-state index is 0.163. The molecule has 3 nitrogen and oxygen atoms in total. The topological polar surface area (TPSA) is 43.4 Å². The Hall–Kier alpha value is -3.04. The van der Waals surface area contributed by atoms with Gasteiger partial charge in [0, 0.05) is 0 Å². The Labute approximate surface area is 190 Å². The monoisotopic (exact) mass is 460 g/mol. The summed E-state index contributed by atoms with van der Waals surface area (Å²) in [5.41, 5.74) is 1.06. The summed E-state index contributed by atoms with van der Waals surface area (Å²) < 4.78 is 33.1. The summed E-state index contributed by atoms with van der Waals surface area (Å²) in [6.45, 7) is 0. The van der Waals surface area contributed by atoms with E-state index in [1.54, 1.807) is 30.3 Å². The molecular formula is C27H25O3PS. The first-order valence-electron chi connectivity index (χ1n) is 10.4. The number of allylic oxidation sites excluding steroid dienone is 1. The minimum atomic E-state index is -3.98. The summed E-state index contributed by atoms with van der Waals surface area (Å²) in [6, 6.07) is 37.8. The number of rotatable bonds is 8. The zero-order valence-corrected chi connectivity index (χ0v) is 19.4. The third-order valence-electron chi connectivity index (χ3n) is 5.28. The molecule has 0 spiro atoms. The predicted molar refractivity (Wildman–Crippen MR) is 136 cm³/mol. The first kappa shape index (κ1) is 22.2. The molecule has 32 heavy (non-hydrogen) atoms. The summed E-state index contributed by atoms with van der Waals surface area (Å²) in [5.74, 6) is 0. The summed E-state index contributed by atoms with van der Waals surface area (Å²) in [6.07, 6.45) is 4.52. The van der Waals surface area contributed by atoms with Crippen LogP contribution in [0.5, 0.6) is 0 Å². The van der Waals surface area contributed by atoms with Crippen LogP contribution in [0.4, 0.5) is 0 Å². The van der Waals surface area contributed by atoms with E-state index in [-0.39, 0.29) is 4.90 Å². The summed E-state index contributed by atoms with van der Waals surface area (Å²) >= 11 is 0. The predicted octanol–water partition coefficient (Wildman–Crippen LogP) is 5.42. The van der Waals surface area contributed by atoms with Gasteiger partial charge < -0.3 is 0 Å². The van der Waals surface area contributed by atoms with Gasteiger partial charge in [0.25, 0.3) is 0 Å². The third kappa shape index (κ3) is 5.05. The molecule has 0 fully saturated rings. The molecule has 0 radical (unpaired) electrons. The summed E-state index contributed by atoms with van der Waals surface area (Å²) in [7, 11) is -7.18. The van der Waals surface area contributed by atoms with Gasteiger partial charge in [-0.25, -0.2) is 0 Å². The van der Waals surface area contributed by atoms with Crippen LogP contribution < -0.4 is 10.6 Å². The van der Waals surface area contributed by atoms with Gasteiger partial charge in [-0.2, -0.15) is 0 Å². The van der Waals surface area contributed by atoms with Crippen LogP contribution in [0.15, 0.2) is 132 Å². The van der Waals surface area contributed by atoms with E-state index in [2.05, 4.69) is 0 Å². The molecule has 4 aromatic carbocycles. The van der Waals surface area contributed by atoms with Crippen LogP contribution in [-0.4, -0.2) is 14.6 Å². The van der Waals surface area contributed by atoms with E-state index >= 15 is 0 Å². The second-order valence-electron chi connectivity index (χ2n) is 7.43. The molecule has 0 aromatic heterocycles. The fourth-order valence-corrected chi connectivity index (χ4v) is 9.83. The van der Waals surface area contributed by atoms with Crippen molar-refractivity contribution in [1.29, 1.82) is 0 Å². The van der Waals surface area contributed by atoms with E-state index in [1.807, 2.05) is 103 Å². The second kappa shape index (κ2) is 10.1. The Morgan fingerprint density at radius 1 is 0.625 bits per heavy atom. The van der Waals surface area contributed by atoms with Gasteiger partial charge in [0.15, 0.2) is 0 Å². The van der Waals surface area contributed by atoms with Gasteiger partial charge in [0.2, 0.25) is 0 Å². The quantitative estimate of drug-likeness (QED) is 0.330. The van der Waals surface area contributed by atoms with Crippen molar-refractivity contribution in [1.82, 2.24) is 0 Å². The van der Waals surface area contributed by atoms with Crippen molar-refractivity contribution < 1.29 is 12.4 Å². The van der Waals surface area contributed by atoms with Gasteiger partial charge in [-0.15, -0.1) is 0 Å². The Bertz CT molecular complexity index is 1220. The van der Waals surface area contributed by atoms with Crippen LogP contribution in [0.25, 0.3) is 6.08 Å². The van der Waals surface area contributed by atoms with Gasteiger partial charge in [-0.3, -0.25) is 0 Å². The van der Waals surface area contributed by atoms with Crippen LogP contribution in [-0.2, 0) is 14.1 Å². The molecule has 0 aliphatic heterocycles. The molecule has 0 saturated heterocycles. The van der Waals surface area contributed by atoms with Gasteiger partial charge in [0.05, 0.1) is 0 Å². The van der Waals surface area contributed by atoms with Crippen molar-refractivity contribution in [3.05, 3.63) is 133 Å². The number of hydrogen-bond acceptors (Lipinski definition) is 3. The molecule has 0 unspecified atom stereocenters. The van der Waals surface area contributed by atoms with E-state index in [1.165, 1.54) is 0 Å². The molecule has 0 saturated carbocycles. The molecule has 0 heterocycles. The zero-order valence-electron chi connectivity index (χ0n) is 17.5. The van der Waals surface area contributed by atoms with Gasteiger partial charge >= 0.3 is 191 Å². The zero-order chi connectivity index (χ0) is 22.3. The molecule has 162 valence electrons. The Balaban J connectivity index is 1.84. The Kier molecular flexibility index (Phi) is 6.96. The van der Waals surface area contributed by atoms with E-state index in [0.29, 0.717) is 6.16 Å². The standard InChI is InChI=1S/C27H25O3PS/c28-32(29,27-21-11-4-12-22-27)30-31(25-17-7-2-8-18-25,26-19-9-3-10-20-26)23-13-16-24-14-5-1-6-15-24/h1-22,31H,23H2. The normalized spacial score (nSPS) is 12.6. The van der Waals surface area contributed by atoms with Gasteiger partial charge in [-0.05, 0) is 0 Å². The molecule has 0 amide bonds. The number of benzene rings is 4. The molecule has 0 atom stereocenters. The molecule has 4 aromatic rings. The maximum atomic E-state index is 13.4. The maximum absolute atomic E-state index is 13.4.